The van der Waals surface area contributed by atoms with Gasteiger partial charge in [-0.3, -0.25) is 0 Å². The second-order valence-electron chi connectivity index (χ2n) is 5.12. The minimum absolute atomic E-state index is 0.353. The standard InChI is InChI=1S/C17H19N3O2S/c1-3-15-19-16(12-8-9-23-17(12)20-15)18-10-13(21)11-6-4-5-7-14(11)22-2/h4-9,13,21H,3,10H2,1-2H3,(H,18,19,20)/t13-/m1/s1. The quantitative estimate of drug-likeness (QED) is 0.725. The Morgan fingerprint density at radius 2 is 2.09 bits per heavy atom. The number of para-hydroxylation sites is 1. The van der Waals surface area contributed by atoms with Gasteiger partial charge in [-0.1, -0.05) is 25.1 Å². The Bertz CT molecular complexity index is 803. The number of aliphatic hydroxyl groups is 1. The van der Waals surface area contributed by atoms with E-state index in [1.54, 1.807) is 18.4 Å². The molecule has 120 valence electrons. The van der Waals surface area contributed by atoms with Gasteiger partial charge in [0.25, 0.3) is 0 Å². The molecule has 3 rings (SSSR count). The van der Waals surface area contributed by atoms with Gasteiger partial charge in [-0.15, -0.1) is 11.3 Å². The molecule has 0 saturated carbocycles. The molecular formula is C17H19N3O2S. The third-order valence-electron chi connectivity index (χ3n) is 3.65. The normalized spacial score (nSPS) is 12.3. The number of hydrogen-bond acceptors (Lipinski definition) is 6. The van der Waals surface area contributed by atoms with Crippen molar-refractivity contribution >= 4 is 27.4 Å². The smallest absolute Gasteiger partial charge is 0.138 e. The zero-order chi connectivity index (χ0) is 16.2. The molecule has 0 aliphatic carbocycles. The first kappa shape index (κ1) is 15.7. The van der Waals surface area contributed by atoms with E-state index in [4.69, 9.17) is 4.74 Å². The van der Waals surface area contributed by atoms with Crippen LogP contribution in [0.25, 0.3) is 10.2 Å². The summed E-state index contributed by atoms with van der Waals surface area (Å²) in [6.45, 7) is 2.38. The predicted octanol–water partition coefficient (Wildman–Crippen LogP) is 3.41. The van der Waals surface area contributed by atoms with E-state index >= 15 is 0 Å². The molecule has 0 aliphatic rings. The zero-order valence-corrected chi connectivity index (χ0v) is 13.9. The summed E-state index contributed by atoms with van der Waals surface area (Å²) in [6.07, 6.45) is 0.0947. The van der Waals surface area contributed by atoms with Gasteiger partial charge >= 0.3 is 0 Å². The van der Waals surface area contributed by atoms with Crippen LogP contribution in [-0.4, -0.2) is 28.7 Å². The summed E-state index contributed by atoms with van der Waals surface area (Å²) in [7, 11) is 1.60. The monoisotopic (exact) mass is 329 g/mol. The first-order valence-corrected chi connectivity index (χ1v) is 8.39. The van der Waals surface area contributed by atoms with Gasteiger partial charge in [-0.25, -0.2) is 9.97 Å². The Balaban J connectivity index is 1.81. The van der Waals surface area contributed by atoms with Crippen molar-refractivity contribution in [1.82, 2.24) is 9.97 Å². The van der Waals surface area contributed by atoms with Crippen molar-refractivity contribution in [3.63, 3.8) is 0 Å². The molecule has 2 heterocycles. The van der Waals surface area contributed by atoms with Crippen molar-refractivity contribution in [3.8, 4) is 5.75 Å². The number of hydrogen-bond donors (Lipinski definition) is 2. The maximum absolute atomic E-state index is 10.5. The molecule has 23 heavy (non-hydrogen) atoms. The number of benzene rings is 1. The Hall–Kier alpha value is -2.18. The van der Waals surface area contributed by atoms with Crippen LogP contribution in [0, 0.1) is 0 Å². The Labute approximate surface area is 139 Å². The number of aryl methyl sites for hydroxylation is 1. The number of aromatic nitrogens is 2. The Kier molecular flexibility index (Phi) is 4.73. The summed E-state index contributed by atoms with van der Waals surface area (Å²) in [5, 5.41) is 16.7. The maximum Gasteiger partial charge on any atom is 0.138 e. The molecule has 0 spiro atoms. The molecule has 0 amide bonds. The highest BCUT2D eigenvalue weighted by Crippen LogP contribution is 2.28. The number of fused-ring (bicyclic) bond motifs is 1. The molecule has 2 N–H and O–H groups in total. The fraction of sp³-hybridized carbons (Fsp3) is 0.294. The van der Waals surface area contributed by atoms with Crippen molar-refractivity contribution in [2.45, 2.75) is 19.4 Å². The lowest BCUT2D eigenvalue weighted by Crippen LogP contribution is -2.14. The van der Waals surface area contributed by atoms with Crippen LogP contribution < -0.4 is 10.1 Å². The van der Waals surface area contributed by atoms with Crippen LogP contribution in [0.3, 0.4) is 0 Å². The molecule has 2 aromatic heterocycles. The summed E-state index contributed by atoms with van der Waals surface area (Å²) >= 11 is 1.59. The van der Waals surface area contributed by atoms with Gasteiger partial charge in [0, 0.05) is 18.5 Å². The third kappa shape index (κ3) is 3.28. The van der Waals surface area contributed by atoms with Gasteiger partial charge in [0.1, 0.15) is 22.2 Å². The van der Waals surface area contributed by atoms with Crippen LogP contribution in [0.5, 0.6) is 5.75 Å². The fourth-order valence-electron chi connectivity index (χ4n) is 2.44. The van der Waals surface area contributed by atoms with Gasteiger partial charge in [0.05, 0.1) is 18.6 Å². The van der Waals surface area contributed by atoms with Gasteiger partial charge in [0.15, 0.2) is 0 Å². The highest BCUT2D eigenvalue weighted by Gasteiger charge is 2.14. The van der Waals surface area contributed by atoms with E-state index < -0.39 is 6.10 Å². The van der Waals surface area contributed by atoms with E-state index in [9.17, 15) is 5.11 Å². The fourth-order valence-corrected chi connectivity index (χ4v) is 3.22. The average Bonchev–Trinajstić information content (AvgIpc) is 3.07. The van der Waals surface area contributed by atoms with Gasteiger partial charge in [-0.05, 0) is 17.5 Å². The number of nitrogens with one attached hydrogen (secondary N) is 1. The third-order valence-corrected chi connectivity index (χ3v) is 4.46. The molecule has 3 aromatic rings. The summed E-state index contributed by atoms with van der Waals surface area (Å²) in [4.78, 5) is 10.0. The number of ether oxygens (including phenoxy) is 1. The summed E-state index contributed by atoms with van der Waals surface area (Å²) < 4.78 is 5.30. The molecule has 0 aliphatic heterocycles. The highest BCUT2D eigenvalue weighted by molar-refractivity contribution is 7.16. The number of nitrogens with zero attached hydrogens (tertiary/aromatic N) is 2. The molecule has 5 nitrogen and oxygen atoms in total. The van der Waals surface area contributed by atoms with Crippen LogP contribution in [0.2, 0.25) is 0 Å². The average molecular weight is 329 g/mol. The summed E-state index contributed by atoms with van der Waals surface area (Å²) in [5.41, 5.74) is 0.758. The summed E-state index contributed by atoms with van der Waals surface area (Å²) in [5.74, 6) is 2.25. The van der Waals surface area contributed by atoms with Crippen molar-refractivity contribution in [3.05, 3.63) is 47.1 Å². The van der Waals surface area contributed by atoms with Crippen LogP contribution >= 0.6 is 11.3 Å². The number of methoxy groups -OCH3 is 1. The molecule has 0 unspecified atom stereocenters. The van der Waals surface area contributed by atoms with E-state index in [2.05, 4.69) is 15.3 Å². The molecule has 0 saturated heterocycles. The van der Waals surface area contributed by atoms with Crippen LogP contribution in [0.15, 0.2) is 35.7 Å². The van der Waals surface area contributed by atoms with E-state index in [1.165, 1.54) is 0 Å². The second-order valence-corrected chi connectivity index (χ2v) is 6.01. The SMILES string of the molecule is CCc1nc(NC[C@@H](O)c2ccccc2OC)c2ccsc2n1. The molecule has 6 heteroatoms. The van der Waals surface area contributed by atoms with Crippen LogP contribution in [-0.2, 0) is 6.42 Å². The zero-order valence-electron chi connectivity index (χ0n) is 13.1. The first-order valence-electron chi connectivity index (χ1n) is 7.52. The minimum Gasteiger partial charge on any atom is -0.496 e. The first-order chi connectivity index (χ1) is 11.2. The van der Waals surface area contributed by atoms with E-state index in [1.807, 2.05) is 42.6 Å². The molecule has 1 atom stereocenters. The number of anilines is 1. The molecule has 0 fully saturated rings. The van der Waals surface area contributed by atoms with Gasteiger partial charge in [-0.2, -0.15) is 0 Å². The number of rotatable bonds is 6. The lowest BCUT2D eigenvalue weighted by molar-refractivity contribution is 0.187. The Morgan fingerprint density at radius 3 is 2.87 bits per heavy atom. The van der Waals surface area contributed by atoms with E-state index in [-0.39, 0.29) is 0 Å². The van der Waals surface area contributed by atoms with E-state index in [0.717, 1.165) is 33.8 Å². The molecule has 0 radical (unpaired) electrons. The van der Waals surface area contributed by atoms with Crippen molar-refractivity contribution in [2.75, 3.05) is 19.0 Å². The van der Waals surface area contributed by atoms with Crippen LogP contribution in [0.4, 0.5) is 5.82 Å². The minimum atomic E-state index is -0.681. The lowest BCUT2D eigenvalue weighted by atomic mass is 10.1. The predicted molar refractivity (Wildman–Crippen MR) is 93.2 cm³/mol. The van der Waals surface area contributed by atoms with Crippen molar-refractivity contribution in [1.29, 1.82) is 0 Å². The largest absolute Gasteiger partial charge is 0.496 e. The van der Waals surface area contributed by atoms with Gasteiger partial charge in [0.2, 0.25) is 0 Å². The van der Waals surface area contributed by atoms with Crippen molar-refractivity contribution < 1.29 is 9.84 Å². The number of aliphatic hydroxyl groups excluding tert-OH is 1. The molecular weight excluding hydrogens is 310 g/mol. The number of thiophene rings is 1. The van der Waals surface area contributed by atoms with E-state index in [0.29, 0.717) is 12.3 Å². The second kappa shape index (κ2) is 6.93. The van der Waals surface area contributed by atoms with Crippen molar-refractivity contribution in [2.24, 2.45) is 0 Å². The molecule has 1 aromatic carbocycles. The maximum atomic E-state index is 10.5. The Morgan fingerprint density at radius 1 is 1.26 bits per heavy atom. The lowest BCUT2D eigenvalue weighted by Gasteiger charge is -2.16. The van der Waals surface area contributed by atoms with Gasteiger partial charge < -0.3 is 15.2 Å². The molecule has 0 bridgehead atoms. The summed E-state index contributed by atoms with van der Waals surface area (Å²) in [6, 6.07) is 9.48. The topological polar surface area (TPSA) is 67.3 Å². The highest BCUT2D eigenvalue weighted by atomic mass is 32.1. The van der Waals surface area contributed by atoms with Crippen LogP contribution in [0.1, 0.15) is 24.4 Å².